The Bertz CT molecular complexity index is 361. The fraction of sp³-hybridized carbons (Fsp3) is 0.647. The van der Waals surface area contributed by atoms with Gasteiger partial charge in [0.15, 0.2) is 0 Å². The van der Waals surface area contributed by atoms with Gasteiger partial charge in [0.2, 0.25) is 0 Å². The monoisotopic (exact) mass is 260 g/mol. The molecule has 1 aromatic carbocycles. The number of nitrogens with zero attached hydrogens (tertiary/aromatic N) is 1. The fourth-order valence-corrected chi connectivity index (χ4v) is 3.28. The number of hydrogen-bond donors (Lipinski definition) is 1. The molecule has 0 aliphatic carbocycles. The van der Waals surface area contributed by atoms with Crippen molar-refractivity contribution in [3.8, 4) is 0 Å². The number of nitrogens with two attached hydrogens (primary N) is 1. The molecule has 2 N–H and O–H groups in total. The Hall–Kier alpha value is -0.860. The van der Waals surface area contributed by atoms with E-state index >= 15 is 0 Å². The van der Waals surface area contributed by atoms with E-state index in [1.807, 2.05) is 0 Å². The highest BCUT2D eigenvalue weighted by Crippen LogP contribution is 2.23. The second-order valence-electron chi connectivity index (χ2n) is 6.03. The van der Waals surface area contributed by atoms with Crippen LogP contribution in [-0.2, 0) is 6.42 Å². The van der Waals surface area contributed by atoms with Crippen molar-refractivity contribution in [3.05, 3.63) is 35.9 Å². The van der Waals surface area contributed by atoms with Crippen molar-refractivity contribution >= 4 is 0 Å². The third kappa shape index (κ3) is 4.05. The standard InChI is InChI=1S/C17H28N2/c1-14(11-12-16-8-4-3-5-9-16)19-13-7-6-10-17(19)15(2)18/h3-5,8-9,14-15,17H,6-7,10-13,18H2,1-2H3. The Morgan fingerprint density at radius 2 is 1.95 bits per heavy atom. The fourth-order valence-electron chi connectivity index (χ4n) is 3.28. The molecule has 1 saturated heterocycles. The first-order valence-electron chi connectivity index (χ1n) is 7.73. The van der Waals surface area contributed by atoms with E-state index in [1.54, 1.807) is 0 Å². The lowest BCUT2D eigenvalue weighted by molar-refractivity contribution is 0.0850. The average molecular weight is 260 g/mol. The van der Waals surface area contributed by atoms with Crippen molar-refractivity contribution in [2.75, 3.05) is 6.54 Å². The van der Waals surface area contributed by atoms with Crippen molar-refractivity contribution in [1.29, 1.82) is 0 Å². The Morgan fingerprint density at radius 1 is 1.21 bits per heavy atom. The maximum atomic E-state index is 6.16. The molecule has 0 amide bonds. The summed E-state index contributed by atoms with van der Waals surface area (Å²) >= 11 is 0. The zero-order valence-corrected chi connectivity index (χ0v) is 12.4. The lowest BCUT2D eigenvalue weighted by Crippen LogP contribution is -2.52. The van der Waals surface area contributed by atoms with E-state index < -0.39 is 0 Å². The van der Waals surface area contributed by atoms with Crippen molar-refractivity contribution in [1.82, 2.24) is 4.90 Å². The van der Waals surface area contributed by atoms with Crippen LogP contribution < -0.4 is 5.73 Å². The Labute approximate surface area is 118 Å². The summed E-state index contributed by atoms with van der Waals surface area (Å²) in [5.74, 6) is 0. The molecule has 2 rings (SSSR count). The van der Waals surface area contributed by atoms with Gasteiger partial charge in [-0.15, -0.1) is 0 Å². The third-order valence-electron chi connectivity index (χ3n) is 4.46. The first-order chi connectivity index (χ1) is 9.18. The predicted molar refractivity (Wildman–Crippen MR) is 82.2 cm³/mol. The van der Waals surface area contributed by atoms with Crippen molar-refractivity contribution in [2.45, 2.75) is 64.1 Å². The predicted octanol–water partition coefficient (Wildman–Crippen LogP) is 3.21. The molecule has 19 heavy (non-hydrogen) atoms. The molecule has 106 valence electrons. The van der Waals surface area contributed by atoms with Crippen LogP contribution in [0, 0.1) is 0 Å². The molecule has 1 aliphatic heterocycles. The summed E-state index contributed by atoms with van der Waals surface area (Å²) in [6.45, 7) is 5.75. The van der Waals surface area contributed by atoms with Gasteiger partial charge in [-0.3, -0.25) is 4.90 Å². The summed E-state index contributed by atoms with van der Waals surface area (Å²) in [6.07, 6.45) is 6.35. The molecule has 1 aromatic rings. The Kier molecular flexibility index (Phi) is 5.41. The lowest BCUT2D eigenvalue weighted by Gasteiger charge is -2.42. The highest BCUT2D eigenvalue weighted by molar-refractivity contribution is 5.14. The summed E-state index contributed by atoms with van der Waals surface area (Å²) in [7, 11) is 0. The van der Waals surface area contributed by atoms with E-state index in [9.17, 15) is 0 Å². The highest BCUT2D eigenvalue weighted by Gasteiger charge is 2.28. The van der Waals surface area contributed by atoms with Gasteiger partial charge in [-0.2, -0.15) is 0 Å². The normalized spacial score (nSPS) is 24.1. The minimum atomic E-state index is 0.291. The second kappa shape index (κ2) is 7.06. The molecule has 0 saturated carbocycles. The van der Waals surface area contributed by atoms with Gasteiger partial charge in [0, 0.05) is 18.1 Å². The van der Waals surface area contributed by atoms with Gasteiger partial charge in [0.1, 0.15) is 0 Å². The van der Waals surface area contributed by atoms with Crippen LogP contribution in [0.1, 0.15) is 45.1 Å². The largest absolute Gasteiger partial charge is 0.327 e. The molecule has 1 fully saturated rings. The second-order valence-corrected chi connectivity index (χ2v) is 6.03. The zero-order valence-electron chi connectivity index (χ0n) is 12.4. The molecular weight excluding hydrogens is 232 g/mol. The minimum absolute atomic E-state index is 0.291. The van der Waals surface area contributed by atoms with Gasteiger partial charge >= 0.3 is 0 Å². The van der Waals surface area contributed by atoms with Crippen molar-refractivity contribution in [3.63, 3.8) is 0 Å². The molecule has 2 heteroatoms. The summed E-state index contributed by atoms with van der Waals surface area (Å²) in [6, 6.07) is 12.3. The Morgan fingerprint density at radius 3 is 2.63 bits per heavy atom. The topological polar surface area (TPSA) is 29.3 Å². The third-order valence-corrected chi connectivity index (χ3v) is 4.46. The quantitative estimate of drug-likeness (QED) is 0.881. The molecular formula is C17H28N2. The SMILES string of the molecule is CC(N)C1CCCCN1C(C)CCc1ccccc1. The van der Waals surface area contributed by atoms with Gasteiger partial charge in [-0.1, -0.05) is 36.8 Å². The van der Waals surface area contributed by atoms with E-state index in [2.05, 4.69) is 49.1 Å². The molecule has 0 radical (unpaired) electrons. The van der Waals surface area contributed by atoms with Crippen LogP contribution in [0.3, 0.4) is 0 Å². The van der Waals surface area contributed by atoms with E-state index in [4.69, 9.17) is 5.73 Å². The highest BCUT2D eigenvalue weighted by atomic mass is 15.2. The van der Waals surface area contributed by atoms with E-state index in [-0.39, 0.29) is 0 Å². The van der Waals surface area contributed by atoms with Crippen LogP contribution in [-0.4, -0.2) is 29.6 Å². The van der Waals surface area contributed by atoms with Gasteiger partial charge in [-0.25, -0.2) is 0 Å². The smallest absolute Gasteiger partial charge is 0.0247 e. The van der Waals surface area contributed by atoms with Crippen LogP contribution in [0.2, 0.25) is 0 Å². The maximum absolute atomic E-state index is 6.16. The van der Waals surface area contributed by atoms with Gasteiger partial charge in [0.05, 0.1) is 0 Å². The van der Waals surface area contributed by atoms with Gasteiger partial charge in [-0.05, 0) is 51.6 Å². The first-order valence-corrected chi connectivity index (χ1v) is 7.73. The van der Waals surface area contributed by atoms with Crippen LogP contribution in [0.4, 0.5) is 0 Å². The van der Waals surface area contributed by atoms with E-state index in [0.29, 0.717) is 18.1 Å². The number of aryl methyl sites for hydroxylation is 1. The lowest BCUT2D eigenvalue weighted by atomic mass is 9.93. The number of hydrogen-bond acceptors (Lipinski definition) is 2. The zero-order chi connectivity index (χ0) is 13.7. The number of rotatable bonds is 5. The molecule has 0 aromatic heterocycles. The van der Waals surface area contributed by atoms with Crippen LogP contribution in [0.5, 0.6) is 0 Å². The van der Waals surface area contributed by atoms with Gasteiger partial charge < -0.3 is 5.73 Å². The summed E-state index contributed by atoms with van der Waals surface area (Å²) < 4.78 is 0. The maximum Gasteiger partial charge on any atom is 0.0247 e. The number of likely N-dealkylation sites (tertiary alicyclic amines) is 1. The van der Waals surface area contributed by atoms with Crippen LogP contribution >= 0.6 is 0 Å². The first kappa shape index (κ1) is 14.5. The summed E-state index contributed by atoms with van der Waals surface area (Å²) in [5.41, 5.74) is 7.61. The van der Waals surface area contributed by atoms with Crippen LogP contribution in [0.25, 0.3) is 0 Å². The minimum Gasteiger partial charge on any atom is -0.327 e. The summed E-state index contributed by atoms with van der Waals surface area (Å²) in [4.78, 5) is 2.65. The van der Waals surface area contributed by atoms with Gasteiger partial charge in [0.25, 0.3) is 0 Å². The summed E-state index contributed by atoms with van der Waals surface area (Å²) in [5, 5.41) is 0. The molecule has 0 spiro atoms. The molecule has 1 heterocycles. The Balaban J connectivity index is 1.89. The van der Waals surface area contributed by atoms with Crippen molar-refractivity contribution < 1.29 is 0 Å². The average Bonchev–Trinajstić information content (AvgIpc) is 2.46. The molecule has 3 atom stereocenters. The number of piperidine rings is 1. The molecule has 2 nitrogen and oxygen atoms in total. The van der Waals surface area contributed by atoms with Crippen molar-refractivity contribution in [2.24, 2.45) is 5.73 Å². The van der Waals surface area contributed by atoms with E-state index in [1.165, 1.54) is 44.2 Å². The molecule has 1 aliphatic rings. The van der Waals surface area contributed by atoms with E-state index in [0.717, 1.165) is 0 Å². The number of benzene rings is 1. The molecule has 3 unspecified atom stereocenters. The van der Waals surface area contributed by atoms with Crippen LogP contribution in [0.15, 0.2) is 30.3 Å². The molecule has 0 bridgehead atoms.